The minimum absolute atomic E-state index is 0.130. The minimum Gasteiger partial charge on any atom is -0.277 e. The van der Waals surface area contributed by atoms with Crippen LogP contribution in [0.4, 0.5) is 23.7 Å². The first-order valence-corrected chi connectivity index (χ1v) is 4.71. The molecule has 1 aliphatic rings. The third kappa shape index (κ3) is 1.92. The van der Waals surface area contributed by atoms with Crippen LogP contribution in [0.2, 0.25) is 0 Å². The number of benzene rings is 1. The number of nitrogens with one attached hydrogen (secondary N) is 1. The van der Waals surface area contributed by atoms with Crippen LogP contribution in [0.5, 0.6) is 0 Å². The van der Waals surface area contributed by atoms with Gasteiger partial charge in [0.05, 0.1) is 0 Å². The SMILES string of the molecule is O=C1CC(=O)N(c2c(F)cc(F)cc2F)C(=O)N1. The molecule has 1 saturated heterocycles. The number of carbonyl (C=O) groups excluding carboxylic acids is 3. The molecule has 1 heterocycles. The molecule has 1 N–H and O–H groups in total. The van der Waals surface area contributed by atoms with Crippen molar-refractivity contribution >= 4 is 23.5 Å². The molecule has 0 atom stereocenters. The zero-order valence-electron chi connectivity index (χ0n) is 8.67. The van der Waals surface area contributed by atoms with Crippen molar-refractivity contribution in [2.45, 2.75) is 6.42 Å². The monoisotopic (exact) mass is 258 g/mol. The lowest BCUT2D eigenvalue weighted by molar-refractivity contribution is -0.128. The van der Waals surface area contributed by atoms with E-state index in [2.05, 4.69) is 0 Å². The zero-order chi connectivity index (χ0) is 13.4. The van der Waals surface area contributed by atoms with E-state index in [1.165, 1.54) is 0 Å². The van der Waals surface area contributed by atoms with E-state index in [1.807, 2.05) is 0 Å². The Morgan fingerprint density at radius 1 is 1.06 bits per heavy atom. The highest BCUT2D eigenvalue weighted by Gasteiger charge is 2.35. The summed E-state index contributed by atoms with van der Waals surface area (Å²) in [7, 11) is 0. The minimum atomic E-state index is -1.41. The summed E-state index contributed by atoms with van der Waals surface area (Å²) in [5.41, 5.74) is -1.01. The van der Waals surface area contributed by atoms with Crippen molar-refractivity contribution in [2.75, 3.05) is 4.90 Å². The number of carbonyl (C=O) groups is 3. The molecule has 94 valence electrons. The second-order valence-corrected chi connectivity index (χ2v) is 3.48. The van der Waals surface area contributed by atoms with Crippen molar-refractivity contribution in [3.63, 3.8) is 0 Å². The lowest BCUT2D eigenvalue weighted by atomic mass is 10.2. The molecule has 2 rings (SSSR count). The number of barbiturate groups is 1. The number of amides is 4. The number of imide groups is 2. The van der Waals surface area contributed by atoms with E-state index < -0.39 is 47.4 Å². The number of rotatable bonds is 1. The summed E-state index contributed by atoms with van der Waals surface area (Å²) in [4.78, 5) is 33.8. The predicted molar refractivity (Wildman–Crippen MR) is 52.0 cm³/mol. The molecule has 0 aromatic heterocycles. The number of anilines is 1. The van der Waals surface area contributed by atoms with Gasteiger partial charge in [-0.1, -0.05) is 0 Å². The van der Waals surface area contributed by atoms with Gasteiger partial charge in [-0.05, 0) is 0 Å². The molecular formula is C10H5F3N2O3. The average molecular weight is 258 g/mol. The Labute approximate surface area is 98.2 Å². The highest BCUT2D eigenvalue weighted by atomic mass is 19.1. The lowest BCUT2D eigenvalue weighted by Crippen LogP contribution is -2.53. The van der Waals surface area contributed by atoms with Crippen LogP contribution in [0.1, 0.15) is 6.42 Å². The Bertz CT molecular complexity index is 530. The highest BCUT2D eigenvalue weighted by molar-refractivity contribution is 6.26. The molecule has 4 amide bonds. The molecule has 1 aromatic rings. The van der Waals surface area contributed by atoms with Gasteiger partial charge in [-0.2, -0.15) is 0 Å². The van der Waals surface area contributed by atoms with Gasteiger partial charge in [0.2, 0.25) is 11.8 Å². The van der Waals surface area contributed by atoms with E-state index in [4.69, 9.17) is 0 Å². The summed E-state index contributed by atoms with van der Waals surface area (Å²) < 4.78 is 39.5. The molecule has 0 unspecified atom stereocenters. The van der Waals surface area contributed by atoms with Crippen LogP contribution in [0, 0.1) is 17.5 Å². The van der Waals surface area contributed by atoms with Gasteiger partial charge in [-0.25, -0.2) is 22.9 Å². The van der Waals surface area contributed by atoms with Gasteiger partial charge in [0.1, 0.15) is 17.9 Å². The smallest absolute Gasteiger partial charge is 0.277 e. The van der Waals surface area contributed by atoms with E-state index in [1.54, 1.807) is 5.32 Å². The Kier molecular flexibility index (Phi) is 2.77. The van der Waals surface area contributed by atoms with Crippen molar-refractivity contribution in [1.82, 2.24) is 5.32 Å². The van der Waals surface area contributed by atoms with E-state index in [-0.39, 0.29) is 4.90 Å². The maximum atomic E-state index is 13.4. The maximum absolute atomic E-state index is 13.4. The van der Waals surface area contributed by atoms with Crippen LogP contribution in [0.25, 0.3) is 0 Å². The molecule has 0 radical (unpaired) electrons. The zero-order valence-corrected chi connectivity index (χ0v) is 8.67. The third-order valence-electron chi connectivity index (χ3n) is 2.22. The second-order valence-electron chi connectivity index (χ2n) is 3.48. The van der Waals surface area contributed by atoms with Crippen molar-refractivity contribution < 1.29 is 27.6 Å². The van der Waals surface area contributed by atoms with Crippen LogP contribution in [0.15, 0.2) is 12.1 Å². The van der Waals surface area contributed by atoms with Crippen LogP contribution < -0.4 is 10.2 Å². The van der Waals surface area contributed by atoms with Crippen molar-refractivity contribution in [1.29, 1.82) is 0 Å². The summed E-state index contributed by atoms with van der Waals surface area (Å²) in [6.07, 6.45) is -0.720. The molecule has 18 heavy (non-hydrogen) atoms. The van der Waals surface area contributed by atoms with Gasteiger partial charge < -0.3 is 0 Å². The molecule has 1 aliphatic heterocycles. The molecule has 1 fully saturated rings. The fourth-order valence-electron chi connectivity index (χ4n) is 1.52. The number of hydrogen-bond donors (Lipinski definition) is 1. The number of halogens is 3. The van der Waals surface area contributed by atoms with E-state index >= 15 is 0 Å². The number of nitrogens with zero attached hydrogens (tertiary/aromatic N) is 1. The Hall–Kier alpha value is -2.38. The fourth-order valence-corrected chi connectivity index (χ4v) is 1.52. The highest BCUT2D eigenvalue weighted by Crippen LogP contribution is 2.26. The number of urea groups is 1. The Morgan fingerprint density at radius 2 is 1.61 bits per heavy atom. The second kappa shape index (κ2) is 4.13. The molecular weight excluding hydrogens is 253 g/mol. The van der Waals surface area contributed by atoms with Gasteiger partial charge in [0.25, 0.3) is 0 Å². The number of hydrogen-bond acceptors (Lipinski definition) is 3. The van der Waals surface area contributed by atoms with Crippen molar-refractivity contribution in [3.05, 3.63) is 29.6 Å². The first-order chi connectivity index (χ1) is 8.40. The van der Waals surface area contributed by atoms with Gasteiger partial charge in [-0.15, -0.1) is 0 Å². The van der Waals surface area contributed by atoms with Gasteiger partial charge in [0.15, 0.2) is 11.6 Å². The Balaban J connectivity index is 2.52. The van der Waals surface area contributed by atoms with E-state index in [0.29, 0.717) is 12.1 Å². The summed E-state index contributed by atoms with van der Waals surface area (Å²) in [5.74, 6) is -5.97. The molecule has 5 nitrogen and oxygen atoms in total. The third-order valence-corrected chi connectivity index (χ3v) is 2.22. The van der Waals surface area contributed by atoms with Crippen LogP contribution in [-0.4, -0.2) is 17.8 Å². The molecule has 0 saturated carbocycles. The quantitative estimate of drug-likeness (QED) is 0.766. The van der Waals surface area contributed by atoms with Gasteiger partial charge in [-0.3, -0.25) is 14.9 Å². The van der Waals surface area contributed by atoms with Crippen molar-refractivity contribution in [2.24, 2.45) is 0 Å². The standard InChI is InChI=1S/C10H5F3N2O3/c11-4-1-5(12)9(6(13)2-4)15-8(17)3-7(16)14-10(15)18/h1-2H,3H2,(H,14,16,18). The predicted octanol–water partition coefficient (Wildman–Crippen LogP) is 1.08. The summed E-state index contributed by atoms with van der Waals surface area (Å²) in [6.45, 7) is 0. The van der Waals surface area contributed by atoms with Crippen LogP contribution >= 0.6 is 0 Å². The van der Waals surface area contributed by atoms with Crippen molar-refractivity contribution in [3.8, 4) is 0 Å². The fraction of sp³-hybridized carbons (Fsp3) is 0.100. The van der Waals surface area contributed by atoms with Gasteiger partial charge >= 0.3 is 6.03 Å². The Morgan fingerprint density at radius 3 is 2.11 bits per heavy atom. The first-order valence-electron chi connectivity index (χ1n) is 4.71. The topological polar surface area (TPSA) is 66.5 Å². The van der Waals surface area contributed by atoms with Crippen LogP contribution in [0.3, 0.4) is 0 Å². The van der Waals surface area contributed by atoms with Gasteiger partial charge in [0, 0.05) is 12.1 Å². The molecule has 0 aliphatic carbocycles. The average Bonchev–Trinajstić information content (AvgIpc) is 2.20. The largest absolute Gasteiger partial charge is 0.335 e. The first kappa shape index (κ1) is 12.1. The summed E-state index contributed by atoms with van der Waals surface area (Å²) >= 11 is 0. The molecule has 0 bridgehead atoms. The van der Waals surface area contributed by atoms with E-state index in [9.17, 15) is 27.6 Å². The van der Waals surface area contributed by atoms with Crippen LogP contribution in [-0.2, 0) is 9.59 Å². The summed E-state index contributed by atoms with van der Waals surface area (Å²) in [6, 6.07) is -0.620. The maximum Gasteiger partial charge on any atom is 0.335 e. The normalized spacial score (nSPS) is 15.9. The van der Waals surface area contributed by atoms with E-state index in [0.717, 1.165) is 0 Å². The molecule has 1 aromatic carbocycles. The molecule has 8 heteroatoms. The molecule has 0 spiro atoms. The lowest BCUT2D eigenvalue weighted by Gasteiger charge is -2.25. The summed E-state index contributed by atoms with van der Waals surface area (Å²) in [5, 5.41) is 1.73.